The molecule has 0 bridgehead atoms. The summed E-state index contributed by atoms with van der Waals surface area (Å²) in [6, 6.07) is 0. The predicted molar refractivity (Wildman–Crippen MR) is 39.3 cm³/mol. The van der Waals surface area contributed by atoms with Crippen molar-refractivity contribution in [1.29, 1.82) is 0 Å². The van der Waals surface area contributed by atoms with Gasteiger partial charge in [0.05, 0.1) is 6.67 Å². The maximum absolute atomic E-state index is 11.5. The van der Waals surface area contributed by atoms with E-state index in [9.17, 15) is 4.39 Å². The van der Waals surface area contributed by atoms with Crippen molar-refractivity contribution in [3.8, 4) is 0 Å². The summed E-state index contributed by atoms with van der Waals surface area (Å²) in [7, 11) is 0. The molecule has 9 heavy (non-hydrogen) atoms. The molecule has 0 atom stereocenters. The maximum atomic E-state index is 11.5. The number of unbranched alkanes of at least 4 members (excludes halogenated alkanes) is 2. The highest BCUT2D eigenvalue weighted by Crippen LogP contribution is 1.95. The normalized spacial score (nSPS) is 10.9. The van der Waals surface area contributed by atoms with Crippen molar-refractivity contribution in [1.82, 2.24) is 0 Å². The Morgan fingerprint density at radius 1 is 1.22 bits per heavy atom. The van der Waals surface area contributed by atoms with E-state index in [0.29, 0.717) is 6.42 Å². The van der Waals surface area contributed by atoms with E-state index >= 15 is 0 Å². The molecule has 0 spiro atoms. The van der Waals surface area contributed by atoms with E-state index < -0.39 is 0 Å². The molecule has 0 aromatic rings. The highest BCUT2D eigenvalue weighted by molar-refractivity contribution is 4.80. The van der Waals surface area contributed by atoms with Crippen molar-refractivity contribution in [3.63, 3.8) is 0 Å². The van der Waals surface area contributed by atoms with Crippen LogP contribution < -0.4 is 0 Å². The summed E-state index contributed by atoms with van der Waals surface area (Å²) in [5.74, 6) is 0. The molecule has 0 aliphatic carbocycles. The van der Waals surface area contributed by atoms with E-state index in [0.717, 1.165) is 6.42 Å². The van der Waals surface area contributed by atoms with E-state index in [1.54, 1.807) is 0 Å². The number of halogens is 1. The number of hydrogen-bond donors (Lipinski definition) is 0. The zero-order chi connectivity index (χ0) is 6.95. The molecule has 0 aromatic heterocycles. The third-order valence-corrected chi connectivity index (χ3v) is 1.17. The van der Waals surface area contributed by atoms with Gasteiger partial charge in [0.2, 0.25) is 0 Å². The summed E-state index contributed by atoms with van der Waals surface area (Å²) < 4.78 is 11.5. The van der Waals surface area contributed by atoms with E-state index in [-0.39, 0.29) is 6.67 Å². The molecule has 0 unspecified atom stereocenters. The van der Waals surface area contributed by atoms with E-state index in [1.807, 2.05) is 6.08 Å². The molecule has 0 radical (unpaired) electrons. The molecule has 0 fully saturated rings. The monoisotopic (exact) mass is 130 g/mol. The fraction of sp³-hybridized carbons (Fsp3) is 0.750. The van der Waals surface area contributed by atoms with Crippen molar-refractivity contribution < 1.29 is 4.39 Å². The zero-order valence-electron chi connectivity index (χ0n) is 6.07. The summed E-state index contributed by atoms with van der Waals surface area (Å²) in [5, 5.41) is 0. The minimum Gasteiger partial charge on any atom is -0.251 e. The Balaban J connectivity index is 2.86. The lowest BCUT2D eigenvalue weighted by molar-refractivity contribution is 0.500. The first-order valence-electron chi connectivity index (χ1n) is 3.62. The zero-order valence-corrected chi connectivity index (χ0v) is 6.07. The Morgan fingerprint density at radius 3 is 2.44 bits per heavy atom. The van der Waals surface area contributed by atoms with Crippen LogP contribution in [0.5, 0.6) is 0 Å². The first kappa shape index (κ1) is 8.67. The van der Waals surface area contributed by atoms with Crippen LogP contribution in [0.25, 0.3) is 0 Å². The quantitative estimate of drug-likeness (QED) is 0.396. The summed E-state index contributed by atoms with van der Waals surface area (Å²) in [5.41, 5.74) is 0. The van der Waals surface area contributed by atoms with Crippen LogP contribution in [0.1, 0.15) is 32.6 Å². The first-order chi connectivity index (χ1) is 4.41. The second-order valence-electron chi connectivity index (χ2n) is 2.09. The van der Waals surface area contributed by atoms with Crippen molar-refractivity contribution in [2.45, 2.75) is 32.6 Å². The van der Waals surface area contributed by atoms with Crippen LogP contribution >= 0.6 is 0 Å². The van der Waals surface area contributed by atoms with Crippen LogP contribution in [-0.4, -0.2) is 6.67 Å². The van der Waals surface area contributed by atoms with Gasteiger partial charge in [0.25, 0.3) is 0 Å². The number of alkyl halides is 1. The van der Waals surface area contributed by atoms with Gasteiger partial charge in [0.1, 0.15) is 0 Å². The van der Waals surface area contributed by atoms with Crippen LogP contribution in [0.4, 0.5) is 4.39 Å². The fourth-order valence-electron chi connectivity index (χ4n) is 0.621. The lowest BCUT2D eigenvalue weighted by Crippen LogP contribution is -1.69. The summed E-state index contributed by atoms with van der Waals surface area (Å²) in [4.78, 5) is 0. The van der Waals surface area contributed by atoms with E-state index in [1.165, 1.54) is 12.8 Å². The Kier molecular flexibility index (Phi) is 7.39. The molecule has 0 amide bonds. The lowest BCUT2D eigenvalue weighted by Gasteiger charge is -1.86. The van der Waals surface area contributed by atoms with E-state index in [2.05, 4.69) is 13.0 Å². The van der Waals surface area contributed by atoms with Gasteiger partial charge in [-0.15, -0.1) is 0 Å². The Hall–Kier alpha value is -0.330. The smallest absolute Gasteiger partial charge is 0.0928 e. The molecule has 0 heterocycles. The van der Waals surface area contributed by atoms with Crippen molar-refractivity contribution in [2.75, 3.05) is 6.67 Å². The largest absolute Gasteiger partial charge is 0.251 e. The van der Waals surface area contributed by atoms with Crippen molar-refractivity contribution >= 4 is 0 Å². The summed E-state index contributed by atoms with van der Waals surface area (Å²) >= 11 is 0. The van der Waals surface area contributed by atoms with Crippen LogP contribution in [-0.2, 0) is 0 Å². The minimum absolute atomic E-state index is 0.220. The molecule has 0 N–H and O–H groups in total. The second kappa shape index (κ2) is 7.67. The van der Waals surface area contributed by atoms with Gasteiger partial charge in [-0.2, -0.15) is 0 Å². The van der Waals surface area contributed by atoms with Crippen molar-refractivity contribution in [3.05, 3.63) is 12.2 Å². The van der Waals surface area contributed by atoms with Gasteiger partial charge >= 0.3 is 0 Å². The maximum Gasteiger partial charge on any atom is 0.0928 e. The number of allylic oxidation sites excluding steroid dienone is 2. The van der Waals surface area contributed by atoms with Gasteiger partial charge in [-0.1, -0.05) is 31.9 Å². The lowest BCUT2D eigenvalue weighted by atomic mass is 10.2. The summed E-state index contributed by atoms with van der Waals surface area (Å²) in [6.45, 7) is 1.94. The average molecular weight is 130 g/mol. The second-order valence-corrected chi connectivity index (χ2v) is 2.09. The Labute approximate surface area is 56.8 Å². The third-order valence-electron chi connectivity index (χ3n) is 1.17. The predicted octanol–water partition coefficient (Wildman–Crippen LogP) is 3.09. The molecular formula is C8H15F. The molecule has 0 nitrogen and oxygen atoms in total. The van der Waals surface area contributed by atoms with Crippen LogP contribution in [0, 0.1) is 0 Å². The van der Waals surface area contributed by atoms with Crippen LogP contribution in [0.15, 0.2) is 12.2 Å². The van der Waals surface area contributed by atoms with Gasteiger partial charge in [0.15, 0.2) is 0 Å². The Morgan fingerprint density at radius 2 is 1.89 bits per heavy atom. The number of hydrogen-bond acceptors (Lipinski definition) is 0. The molecule has 0 aliphatic heterocycles. The molecule has 0 aromatic carbocycles. The topological polar surface area (TPSA) is 0 Å². The van der Waals surface area contributed by atoms with Gasteiger partial charge in [-0.05, 0) is 12.8 Å². The highest BCUT2D eigenvalue weighted by Gasteiger charge is 1.77. The van der Waals surface area contributed by atoms with Gasteiger partial charge in [-0.25, -0.2) is 0 Å². The van der Waals surface area contributed by atoms with E-state index in [4.69, 9.17) is 0 Å². The molecule has 0 aliphatic rings. The van der Waals surface area contributed by atoms with Crippen molar-refractivity contribution in [2.24, 2.45) is 0 Å². The van der Waals surface area contributed by atoms with Gasteiger partial charge in [0, 0.05) is 0 Å². The van der Waals surface area contributed by atoms with Crippen LogP contribution in [0.3, 0.4) is 0 Å². The van der Waals surface area contributed by atoms with Gasteiger partial charge < -0.3 is 0 Å². The van der Waals surface area contributed by atoms with Gasteiger partial charge in [-0.3, -0.25) is 4.39 Å². The first-order valence-corrected chi connectivity index (χ1v) is 3.62. The molecular weight excluding hydrogens is 115 g/mol. The standard InChI is InChI=1S/C8H15F/c1-2-3-4-5-6-7-8-9/h5-6H,2-4,7-8H2,1H3/b6-5+. The SMILES string of the molecule is CCCC/C=C/CCF. The number of rotatable bonds is 5. The molecule has 1 heteroatoms. The molecule has 0 rings (SSSR count). The minimum atomic E-state index is -0.220. The molecule has 0 saturated carbocycles. The Bertz CT molecular complexity index is 67.0. The molecule has 54 valence electrons. The molecule has 0 saturated heterocycles. The average Bonchev–Trinajstić information content (AvgIpc) is 1.89. The third kappa shape index (κ3) is 7.67. The highest BCUT2D eigenvalue weighted by atomic mass is 19.1. The summed E-state index contributed by atoms with van der Waals surface area (Å²) in [6.07, 6.45) is 8.11. The fourth-order valence-corrected chi connectivity index (χ4v) is 0.621. The van der Waals surface area contributed by atoms with Crippen LogP contribution in [0.2, 0.25) is 0 Å².